The van der Waals surface area contributed by atoms with Crippen molar-refractivity contribution in [2.45, 2.75) is 19.4 Å². The van der Waals surface area contributed by atoms with Crippen LogP contribution in [0.4, 0.5) is 5.69 Å². The predicted octanol–water partition coefficient (Wildman–Crippen LogP) is 4.51. The van der Waals surface area contributed by atoms with Gasteiger partial charge in [0.05, 0.1) is 27.9 Å². The van der Waals surface area contributed by atoms with E-state index in [2.05, 4.69) is 15.3 Å². The molecule has 1 unspecified atom stereocenters. The molecular weight excluding hydrogens is 389 g/mol. The van der Waals surface area contributed by atoms with Gasteiger partial charge in [-0.25, -0.2) is 9.78 Å². The first-order chi connectivity index (χ1) is 13.0. The Kier molecular flexibility index (Phi) is 5.88. The zero-order chi connectivity index (χ0) is 19.4. The van der Waals surface area contributed by atoms with E-state index in [0.29, 0.717) is 26.8 Å². The van der Waals surface area contributed by atoms with E-state index < -0.39 is 18.0 Å². The topological polar surface area (TPSA) is 81.2 Å². The second-order valence-corrected chi connectivity index (χ2v) is 6.50. The second-order valence-electron chi connectivity index (χ2n) is 5.66. The molecule has 27 heavy (non-hydrogen) atoms. The normalized spacial score (nSPS) is 11.8. The van der Waals surface area contributed by atoms with Crippen LogP contribution in [0.25, 0.3) is 11.0 Å². The average Bonchev–Trinajstić information content (AvgIpc) is 2.68. The number of benzene rings is 2. The van der Waals surface area contributed by atoms with Crippen LogP contribution in [0.1, 0.15) is 23.8 Å². The van der Waals surface area contributed by atoms with Crippen LogP contribution in [0.5, 0.6) is 0 Å². The molecule has 1 heterocycles. The van der Waals surface area contributed by atoms with Crippen molar-refractivity contribution in [3.63, 3.8) is 0 Å². The fourth-order valence-corrected chi connectivity index (χ4v) is 2.71. The summed E-state index contributed by atoms with van der Waals surface area (Å²) in [6.07, 6.45) is 0.584. The molecule has 138 valence electrons. The van der Waals surface area contributed by atoms with Gasteiger partial charge in [-0.2, -0.15) is 0 Å². The minimum atomic E-state index is -1.01. The lowest BCUT2D eigenvalue weighted by Gasteiger charge is -2.16. The molecule has 0 saturated carbocycles. The maximum atomic E-state index is 12.5. The molecule has 0 aliphatic rings. The summed E-state index contributed by atoms with van der Waals surface area (Å²) in [5.74, 6) is -1.24. The fourth-order valence-electron chi connectivity index (χ4n) is 2.37. The van der Waals surface area contributed by atoms with E-state index in [-0.39, 0.29) is 12.1 Å². The number of nitrogens with one attached hydrogen (secondary N) is 1. The van der Waals surface area contributed by atoms with Gasteiger partial charge in [-0.1, -0.05) is 42.3 Å². The van der Waals surface area contributed by atoms with Crippen LogP contribution in [0.3, 0.4) is 0 Å². The third kappa shape index (κ3) is 4.53. The highest BCUT2D eigenvalue weighted by molar-refractivity contribution is 6.35. The molecule has 1 N–H and O–H groups in total. The van der Waals surface area contributed by atoms with Crippen LogP contribution >= 0.6 is 23.2 Å². The molecule has 0 radical (unpaired) electrons. The van der Waals surface area contributed by atoms with Crippen molar-refractivity contribution >= 4 is 51.8 Å². The van der Waals surface area contributed by atoms with E-state index in [1.165, 1.54) is 12.3 Å². The molecule has 3 rings (SSSR count). The van der Waals surface area contributed by atoms with E-state index >= 15 is 0 Å². The van der Waals surface area contributed by atoms with Crippen molar-refractivity contribution < 1.29 is 14.3 Å². The van der Waals surface area contributed by atoms with Crippen molar-refractivity contribution in [2.24, 2.45) is 0 Å². The summed E-state index contributed by atoms with van der Waals surface area (Å²) < 4.78 is 5.31. The number of para-hydroxylation sites is 2. The summed E-state index contributed by atoms with van der Waals surface area (Å²) >= 11 is 12.0. The number of nitrogens with zero attached hydrogens (tertiary/aromatic N) is 2. The van der Waals surface area contributed by atoms with E-state index in [9.17, 15) is 9.59 Å². The Bertz CT molecular complexity index is 1010. The van der Waals surface area contributed by atoms with Crippen LogP contribution in [0, 0.1) is 0 Å². The van der Waals surface area contributed by atoms with Crippen molar-refractivity contribution in [1.29, 1.82) is 0 Å². The average molecular weight is 404 g/mol. The molecule has 0 fully saturated rings. The summed E-state index contributed by atoms with van der Waals surface area (Å²) in [6, 6.07) is 11.8. The largest absolute Gasteiger partial charge is 0.447 e. The summed E-state index contributed by atoms with van der Waals surface area (Å²) in [6.45, 7) is 1.73. The van der Waals surface area contributed by atoms with Gasteiger partial charge in [0.15, 0.2) is 11.8 Å². The SMILES string of the molecule is CCC(OC(=O)c1cnc2ccccc2n1)C(=O)Nc1cc(Cl)ccc1Cl. The van der Waals surface area contributed by atoms with Crippen LogP contribution < -0.4 is 5.32 Å². The highest BCUT2D eigenvalue weighted by atomic mass is 35.5. The highest BCUT2D eigenvalue weighted by Crippen LogP contribution is 2.25. The monoisotopic (exact) mass is 403 g/mol. The zero-order valence-electron chi connectivity index (χ0n) is 14.3. The van der Waals surface area contributed by atoms with Gasteiger partial charge in [-0.15, -0.1) is 0 Å². The Balaban J connectivity index is 1.73. The number of anilines is 1. The van der Waals surface area contributed by atoms with Crippen LogP contribution in [0.15, 0.2) is 48.7 Å². The summed E-state index contributed by atoms with van der Waals surface area (Å²) in [7, 11) is 0. The molecule has 8 heteroatoms. The molecule has 3 aromatic rings. The van der Waals surface area contributed by atoms with Crippen molar-refractivity contribution in [3.8, 4) is 0 Å². The van der Waals surface area contributed by atoms with Gasteiger partial charge in [-0.05, 0) is 36.8 Å². The number of halogens is 2. The number of rotatable bonds is 5. The predicted molar refractivity (Wildman–Crippen MR) is 104 cm³/mol. The minimum absolute atomic E-state index is 0.0285. The number of aromatic nitrogens is 2. The minimum Gasteiger partial charge on any atom is -0.447 e. The molecule has 1 atom stereocenters. The first kappa shape index (κ1) is 19.1. The number of esters is 1. The second kappa shape index (κ2) is 8.33. The number of carbonyl (C=O) groups is 2. The maximum Gasteiger partial charge on any atom is 0.359 e. The van der Waals surface area contributed by atoms with Gasteiger partial charge >= 0.3 is 5.97 Å². The standard InChI is InChI=1S/C19H15Cl2N3O3/c1-2-17(18(25)24-15-9-11(20)7-8-12(15)21)27-19(26)16-10-22-13-5-3-4-6-14(13)23-16/h3-10,17H,2H2,1H3,(H,24,25). The number of hydrogen-bond donors (Lipinski definition) is 1. The van der Waals surface area contributed by atoms with Gasteiger partial charge in [0.1, 0.15) is 0 Å². The van der Waals surface area contributed by atoms with E-state index in [1.54, 1.807) is 37.3 Å². The third-order valence-electron chi connectivity index (χ3n) is 3.76. The lowest BCUT2D eigenvalue weighted by atomic mass is 10.2. The summed E-state index contributed by atoms with van der Waals surface area (Å²) in [4.78, 5) is 33.2. The van der Waals surface area contributed by atoms with E-state index in [4.69, 9.17) is 27.9 Å². The number of amides is 1. The zero-order valence-corrected chi connectivity index (χ0v) is 15.8. The molecule has 0 bridgehead atoms. The van der Waals surface area contributed by atoms with Crippen molar-refractivity contribution in [3.05, 3.63) is 64.4 Å². The maximum absolute atomic E-state index is 12.5. The third-order valence-corrected chi connectivity index (χ3v) is 4.32. The molecule has 0 spiro atoms. The lowest BCUT2D eigenvalue weighted by molar-refractivity contribution is -0.124. The highest BCUT2D eigenvalue weighted by Gasteiger charge is 2.24. The van der Waals surface area contributed by atoms with Gasteiger partial charge in [0.2, 0.25) is 0 Å². The number of carbonyl (C=O) groups excluding carboxylic acids is 2. The number of fused-ring (bicyclic) bond motifs is 1. The Morgan fingerprint density at radius 2 is 1.89 bits per heavy atom. The van der Waals surface area contributed by atoms with Crippen LogP contribution in [0.2, 0.25) is 10.0 Å². The molecule has 0 aliphatic carbocycles. The Morgan fingerprint density at radius 1 is 1.15 bits per heavy atom. The van der Waals surface area contributed by atoms with E-state index in [1.807, 2.05) is 6.07 Å². The smallest absolute Gasteiger partial charge is 0.359 e. The first-order valence-corrected chi connectivity index (χ1v) is 8.92. The quantitative estimate of drug-likeness (QED) is 0.633. The van der Waals surface area contributed by atoms with Crippen molar-refractivity contribution in [1.82, 2.24) is 9.97 Å². The summed E-state index contributed by atoms with van der Waals surface area (Å²) in [5.41, 5.74) is 1.60. The number of ether oxygens (including phenoxy) is 1. The van der Waals surface area contributed by atoms with Gasteiger partial charge in [0.25, 0.3) is 5.91 Å². The van der Waals surface area contributed by atoms with Crippen LogP contribution in [-0.2, 0) is 9.53 Å². The van der Waals surface area contributed by atoms with Crippen LogP contribution in [-0.4, -0.2) is 27.9 Å². The molecular formula is C19H15Cl2N3O3. The Morgan fingerprint density at radius 3 is 2.63 bits per heavy atom. The molecule has 2 aromatic carbocycles. The Labute approximate surface area is 165 Å². The molecule has 1 aromatic heterocycles. The van der Waals surface area contributed by atoms with Gasteiger partial charge in [-0.3, -0.25) is 9.78 Å². The van der Waals surface area contributed by atoms with Gasteiger partial charge < -0.3 is 10.1 Å². The molecule has 0 saturated heterocycles. The Hall–Kier alpha value is -2.70. The first-order valence-electron chi connectivity index (χ1n) is 8.16. The fraction of sp³-hybridized carbons (Fsp3) is 0.158. The summed E-state index contributed by atoms with van der Waals surface area (Å²) in [5, 5.41) is 3.37. The molecule has 6 nitrogen and oxygen atoms in total. The molecule has 0 aliphatic heterocycles. The van der Waals surface area contributed by atoms with E-state index in [0.717, 1.165) is 0 Å². The van der Waals surface area contributed by atoms with Gasteiger partial charge in [0, 0.05) is 5.02 Å². The lowest BCUT2D eigenvalue weighted by Crippen LogP contribution is -2.32. The van der Waals surface area contributed by atoms with Crippen molar-refractivity contribution in [2.75, 3.05) is 5.32 Å². The number of hydrogen-bond acceptors (Lipinski definition) is 5. The molecule has 1 amide bonds.